The molecule has 0 amide bonds. The minimum absolute atomic E-state index is 0.0714. The van der Waals surface area contributed by atoms with Crippen LogP contribution in [0.25, 0.3) is 0 Å². The number of carbonyl (C=O) groups is 1. The summed E-state index contributed by atoms with van der Waals surface area (Å²) in [7, 11) is -1.06. The number of rotatable bonds is 7. The van der Waals surface area contributed by atoms with Gasteiger partial charge in [0.15, 0.2) is 5.78 Å². The van der Waals surface area contributed by atoms with Gasteiger partial charge in [-0.15, -0.1) is 0 Å². The minimum atomic E-state index is -1.06. The van der Waals surface area contributed by atoms with Gasteiger partial charge in [0.1, 0.15) is 6.26 Å². The molecule has 5 heteroatoms. The Bertz CT molecular complexity index is 990. The van der Waals surface area contributed by atoms with Gasteiger partial charge in [0, 0.05) is 22.1 Å². The molecule has 1 heterocycles. The Labute approximate surface area is 161 Å². The van der Waals surface area contributed by atoms with Crippen molar-refractivity contribution in [3.05, 3.63) is 82.7 Å². The lowest BCUT2D eigenvalue weighted by Crippen LogP contribution is -2.09. The van der Waals surface area contributed by atoms with Crippen molar-refractivity contribution in [2.45, 2.75) is 37.0 Å². The minimum Gasteiger partial charge on any atom is -0.364 e. The van der Waals surface area contributed by atoms with Crippen LogP contribution >= 0.6 is 0 Å². The van der Waals surface area contributed by atoms with Crippen LogP contribution in [0.5, 0.6) is 0 Å². The third kappa shape index (κ3) is 3.78. The molecule has 138 valence electrons. The summed E-state index contributed by atoms with van der Waals surface area (Å²) in [6, 6.07) is 15.5. The van der Waals surface area contributed by atoms with Gasteiger partial charge in [-0.3, -0.25) is 9.00 Å². The number of hydrogen-bond acceptors (Lipinski definition) is 4. The van der Waals surface area contributed by atoms with Crippen molar-refractivity contribution in [1.82, 2.24) is 5.16 Å². The molecule has 1 aliphatic carbocycles. The third-order valence-electron chi connectivity index (χ3n) is 4.89. The van der Waals surface area contributed by atoms with Gasteiger partial charge in [-0.25, -0.2) is 0 Å². The first-order valence-corrected chi connectivity index (χ1v) is 10.5. The van der Waals surface area contributed by atoms with Gasteiger partial charge in [-0.05, 0) is 48.6 Å². The molecule has 4 nitrogen and oxygen atoms in total. The second kappa shape index (κ2) is 7.61. The first-order valence-electron chi connectivity index (χ1n) is 9.21. The second-order valence-corrected chi connectivity index (χ2v) is 8.57. The SMILES string of the molecule is CCS(=O)c1ccc(C(=O)c2conc2C2CC2)c(Cc2ccccc2)c1. The van der Waals surface area contributed by atoms with Gasteiger partial charge in [-0.2, -0.15) is 0 Å². The first-order chi connectivity index (χ1) is 13.2. The van der Waals surface area contributed by atoms with E-state index in [0.29, 0.717) is 29.2 Å². The molecular weight excluding hydrogens is 358 g/mol. The Hall–Kier alpha value is -2.53. The molecule has 0 saturated heterocycles. The number of hydrogen-bond donors (Lipinski definition) is 0. The highest BCUT2D eigenvalue weighted by Gasteiger charge is 2.32. The van der Waals surface area contributed by atoms with Gasteiger partial charge in [0.05, 0.1) is 22.1 Å². The molecule has 1 atom stereocenters. The fraction of sp³-hybridized carbons (Fsp3) is 0.273. The molecule has 1 saturated carbocycles. The van der Waals surface area contributed by atoms with E-state index in [1.54, 1.807) is 12.1 Å². The van der Waals surface area contributed by atoms with Crippen molar-refractivity contribution in [1.29, 1.82) is 0 Å². The fourth-order valence-corrected chi connectivity index (χ4v) is 4.10. The topological polar surface area (TPSA) is 60.2 Å². The Balaban J connectivity index is 1.75. The standard InChI is InChI=1S/C22H21NO3S/c1-2-27(25)18-10-11-19(17(13-18)12-15-6-4-3-5-7-15)22(24)20-14-26-23-21(20)16-8-9-16/h3-7,10-11,13-14,16H,2,8-9,12H2,1H3. The van der Waals surface area contributed by atoms with Crippen molar-refractivity contribution in [2.24, 2.45) is 0 Å². The largest absolute Gasteiger partial charge is 0.364 e. The highest BCUT2D eigenvalue weighted by atomic mass is 32.2. The molecule has 2 aromatic carbocycles. The lowest BCUT2D eigenvalue weighted by atomic mass is 9.94. The van der Waals surface area contributed by atoms with Crippen LogP contribution in [0.2, 0.25) is 0 Å². The van der Waals surface area contributed by atoms with Crippen LogP contribution < -0.4 is 0 Å². The highest BCUT2D eigenvalue weighted by Crippen LogP contribution is 2.41. The van der Waals surface area contributed by atoms with Gasteiger partial charge in [-0.1, -0.05) is 42.4 Å². The van der Waals surface area contributed by atoms with Crippen LogP contribution in [0.4, 0.5) is 0 Å². The predicted molar refractivity (Wildman–Crippen MR) is 105 cm³/mol. The normalized spacial score (nSPS) is 14.9. The summed E-state index contributed by atoms with van der Waals surface area (Å²) in [5.41, 5.74) is 3.94. The predicted octanol–water partition coefficient (Wildman–Crippen LogP) is 4.50. The molecule has 1 fully saturated rings. The lowest BCUT2D eigenvalue weighted by Gasteiger charge is -2.11. The van der Waals surface area contributed by atoms with E-state index in [0.717, 1.165) is 34.6 Å². The number of benzene rings is 2. The number of aromatic nitrogens is 1. The molecule has 4 rings (SSSR count). The Morgan fingerprint density at radius 3 is 2.63 bits per heavy atom. The third-order valence-corrected chi connectivity index (χ3v) is 6.19. The Morgan fingerprint density at radius 2 is 1.93 bits per heavy atom. The lowest BCUT2D eigenvalue weighted by molar-refractivity contribution is 0.103. The molecule has 0 radical (unpaired) electrons. The Kier molecular flexibility index (Phi) is 5.03. The zero-order chi connectivity index (χ0) is 18.8. The molecule has 0 bridgehead atoms. The maximum Gasteiger partial charge on any atom is 0.198 e. The zero-order valence-corrected chi connectivity index (χ0v) is 16.0. The summed E-state index contributed by atoms with van der Waals surface area (Å²) in [5.74, 6) is 0.820. The molecule has 0 aliphatic heterocycles. The van der Waals surface area contributed by atoms with Crippen molar-refractivity contribution >= 4 is 16.6 Å². The van der Waals surface area contributed by atoms with Gasteiger partial charge in [0.2, 0.25) is 0 Å². The summed E-state index contributed by atoms with van der Waals surface area (Å²) in [4.78, 5) is 14.0. The summed E-state index contributed by atoms with van der Waals surface area (Å²) >= 11 is 0. The van der Waals surface area contributed by atoms with E-state index >= 15 is 0 Å². The van der Waals surface area contributed by atoms with E-state index in [1.165, 1.54) is 6.26 Å². The van der Waals surface area contributed by atoms with E-state index in [2.05, 4.69) is 5.16 Å². The summed E-state index contributed by atoms with van der Waals surface area (Å²) in [6.45, 7) is 1.89. The molecule has 27 heavy (non-hydrogen) atoms. The average Bonchev–Trinajstić information content (AvgIpc) is 3.44. The Morgan fingerprint density at radius 1 is 1.15 bits per heavy atom. The van der Waals surface area contributed by atoms with Gasteiger partial charge in [0.25, 0.3) is 0 Å². The van der Waals surface area contributed by atoms with Crippen LogP contribution in [0.1, 0.15) is 58.4 Å². The monoisotopic (exact) mass is 379 g/mol. The van der Waals surface area contributed by atoms with E-state index in [1.807, 2.05) is 43.3 Å². The van der Waals surface area contributed by atoms with Crippen LogP contribution in [0.3, 0.4) is 0 Å². The summed E-state index contributed by atoms with van der Waals surface area (Å²) in [5, 5.41) is 4.05. The fourth-order valence-electron chi connectivity index (χ4n) is 3.27. The van der Waals surface area contributed by atoms with Crippen molar-refractivity contribution in [3.63, 3.8) is 0 Å². The van der Waals surface area contributed by atoms with Crippen LogP contribution in [0, 0.1) is 0 Å². The average molecular weight is 379 g/mol. The van der Waals surface area contributed by atoms with E-state index < -0.39 is 10.8 Å². The van der Waals surface area contributed by atoms with Crippen molar-refractivity contribution in [3.8, 4) is 0 Å². The van der Waals surface area contributed by atoms with E-state index in [9.17, 15) is 9.00 Å². The quantitative estimate of drug-likeness (QED) is 0.567. The zero-order valence-electron chi connectivity index (χ0n) is 15.2. The first kappa shape index (κ1) is 17.9. The summed E-state index contributed by atoms with van der Waals surface area (Å²) < 4.78 is 17.4. The molecule has 0 spiro atoms. The van der Waals surface area contributed by atoms with E-state index in [4.69, 9.17) is 4.52 Å². The van der Waals surface area contributed by atoms with Crippen LogP contribution in [-0.4, -0.2) is 20.9 Å². The van der Waals surface area contributed by atoms with Crippen molar-refractivity contribution < 1.29 is 13.5 Å². The smallest absolute Gasteiger partial charge is 0.198 e. The summed E-state index contributed by atoms with van der Waals surface area (Å²) in [6.07, 6.45) is 4.18. The van der Waals surface area contributed by atoms with E-state index in [-0.39, 0.29) is 5.78 Å². The molecule has 1 aliphatic rings. The maximum atomic E-state index is 13.2. The molecule has 1 aromatic heterocycles. The number of ketones is 1. The number of carbonyl (C=O) groups excluding carboxylic acids is 1. The molecule has 0 N–H and O–H groups in total. The molecule has 1 unspecified atom stereocenters. The number of nitrogens with zero attached hydrogens (tertiary/aromatic N) is 1. The van der Waals surface area contributed by atoms with Crippen LogP contribution in [0.15, 0.2) is 64.2 Å². The van der Waals surface area contributed by atoms with Gasteiger partial charge < -0.3 is 4.52 Å². The second-order valence-electron chi connectivity index (χ2n) is 6.83. The van der Waals surface area contributed by atoms with Crippen LogP contribution in [-0.2, 0) is 17.2 Å². The molecular formula is C22H21NO3S. The maximum absolute atomic E-state index is 13.2. The highest BCUT2D eigenvalue weighted by molar-refractivity contribution is 7.85. The molecule has 3 aromatic rings. The van der Waals surface area contributed by atoms with Crippen molar-refractivity contribution in [2.75, 3.05) is 5.75 Å². The van der Waals surface area contributed by atoms with Gasteiger partial charge >= 0.3 is 0 Å².